The molecule has 0 spiro atoms. The van der Waals surface area contributed by atoms with Crippen molar-refractivity contribution in [1.82, 2.24) is 0 Å². The van der Waals surface area contributed by atoms with E-state index in [-0.39, 0.29) is 11.5 Å². The van der Waals surface area contributed by atoms with E-state index in [0.29, 0.717) is 5.56 Å². The van der Waals surface area contributed by atoms with E-state index in [1.54, 1.807) is 6.07 Å². The molecule has 0 bridgehead atoms. The summed E-state index contributed by atoms with van der Waals surface area (Å²) in [6.45, 7) is 1.54. The standard InChI is InChI=1S/C15H9F4NO/c1-9-3-2-4-13(14(9)16)21-11-5-6-12(15(17,18)19)10(7-11)8-20/h2-7H,1H3. The van der Waals surface area contributed by atoms with Gasteiger partial charge in [0.05, 0.1) is 17.2 Å². The van der Waals surface area contributed by atoms with Crippen LogP contribution in [-0.4, -0.2) is 0 Å². The van der Waals surface area contributed by atoms with E-state index in [4.69, 9.17) is 10.00 Å². The number of hydrogen-bond donors (Lipinski definition) is 0. The predicted molar refractivity (Wildman–Crippen MR) is 67.4 cm³/mol. The Morgan fingerprint density at radius 1 is 1.14 bits per heavy atom. The molecule has 2 rings (SSSR count). The predicted octanol–water partition coefficient (Wildman–Crippen LogP) is 4.82. The first-order valence-corrected chi connectivity index (χ1v) is 5.87. The van der Waals surface area contributed by atoms with Gasteiger partial charge in [0.25, 0.3) is 0 Å². The lowest BCUT2D eigenvalue weighted by molar-refractivity contribution is -0.137. The molecular formula is C15H9F4NO. The largest absolute Gasteiger partial charge is 0.454 e. The van der Waals surface area contributed by atoms with Crippen LogP contribution in [0.25, 0.3) is 0 Å². The van der Waals surface area contributed by atoms with Gasteiger partial charge in [-0.05, 0) is 36.8 Å². The fraction of sp³-hybridized carbons (Fsp3) is 0.133. The van der Waals surface area contributed by atoms with Gasteiger partial charge in [-0.3, -0.25) is 0 Å². The van der Waals surface area contributed by atoms with Crippen LogP contribution in [-0.2, 0) is 6.18 Å². The van der Waals surface area contributed by atoms with Gasteiger partial charge in [0.15, 0.2) is 11.6 Å². The maximum Gasteiger partial charge on any atom is 0.417 e. The number of aryl methyl sites for hydroxylation is 1. The SMILES string of the molecule is Cc1cccc(Oc2ccc(C(F)(F)F)c(C#N)c2)c1F. The van der Waals surface area contributed by atoms with E-state index in [9.17, 15) is 17.6 Å². The summed E-state index contributed by atoms with van der Waals surface area (Å²) in [6.07, 6.45) is -4.63. The third-order valence-electron chi connectivity index (χ3n) is 2.80. The highest BCUT2D eigenvalue weighted by Crippen LogP contribution is 2.35. The molecule has 0 atom stereocenters. The smallest absolute Gasteiger partial charge is 0.417 e. The molecule has 0 N–H and O–H groups in total. The number of ether oxygens (including phenoxy) is 1. The second-order valence-corrected chi connectivity index (χ2v) is 4.31. The van der Waals surface area contributed by atoms with E-state index < -0.39 is 23.1 Å². The molecule has 108 valence electrons. The van der Waals surface area contributed by atoms with Crippen molar-refractivity contribution in [3.05, 3.63) is 58.9 Å². The van der Waals surface area contributed by atoms with Crippen LogP contribution in [0.3, 0.4) is 0 Å². The Labute approximate surface area is 118 Å². The van der Waals surface area contributed by atoms with Gasteiger partial charge >= 0.3 is 6.18 Å². The van der Waals surface area contributed by atoms with Crippen molar-refractivity contribution in [2.45, 2.75) is 13.1 Å². The summed E-state index contributed by atoms with van der Waals surface area (Å²) in [5.74, 6) is -0.751. The topological polar surface area (TPSA) is 33.0 Å². The van der Waals surface area contributed by atoms with Crippen molar-refractivity contribution in [2.24, 2.45) is 0 Å². The van der Waals surface area contributed by atoms with Crippen LogP contribution in [0.2, 0.25) is 0 Å². The lowest BCUT2D eigenvalue weighted by atomic mass is 10.1. The molecule has 0 aromatic heterocycles. The number of alkyl halides is 3. The fourth-order valence-corrected chi connectivity index (χ4v) is 1.75. The van der Waals surface area contributed by atoms with Crippen molar-refractivity contribution >= 4 is 0 Å². The van der Waals surface area contributed by atoms with E-state index in [1.165, 1.54) is 25.1 Å². The van der Waals surface area contributed by atoms with E-state index in [0.717, 1.165) is 18.2 Å². The molecule has 0 fully saturated rings. The monoisotopic (exact) mass is 295 g/mol. The maximum absolute atomic E-state index is 13.8. The molecule has 2 aromatic carbocycles. The van der Waals surface area contributed by atoms with Crippen molar-refractivity contribution < 1.29 is 22.3 Å². The quantitative estimate of drug-likeness (QED) is 0.744. The summed E-state index contributed by atoms with van der Waals surface area (Å²) in [4.78, 5) is 0. The Bertz CT molecular complexity index is 717. The van der Waals surface area contributed by atoms with Gasteiger partial charge in [0, 0.05) is 0 Å². The summed E-state index contributed by atoms with van der Waals surface area (Å²) >= 11 is 0. The van der Waals surface area contributed by atoms with Crippen molar-refractivity contribution in [1.29, 1.82) is 5.26 Å². The number of nitriles is 1. The lowest BCUT2D eigenvalue weighted by Crippen LogP contribution is -2.07. The van der Waals surface area contributed by atoms with Gasteiger partial charge in [0.1, 0.15) is 5.75 Å². The van der Waals surface area contributed by atoms with Gasteiger partial charge in [-0.15, -0.1) is 0 Å². The third-order valence-corrected chi connectivity index (χ3v) is 2.80. The van der Waals surface area contributed by atoms with Gasteiger partial charge in [-0.1, -0.05) is 12.1 Å². The van der Waals surface area contributed by atoms with Crippen molar-refractivity contribution in [3.8, 4) is 17.6 Å². The Morgan fingerprint density at radius 3 is 2.48 bits per heavy atom. The normalized spacial score (nSPS) is 11.0. The molecule has 0 saturated carbocycles. The minimum Gasteiger partial charge on any atom is -0.454 e. The molecule has 21 heavy (non-hydrogen) atoms. The summed E-state index contributed by atoms with van der Waals surface area (Å²) in [5.41, 5.74) is -1.28. The third kappa shape index (κ3) is 3.14. The van der Waals surface area contributed by atoms with Gasteiger partial charge in [0.2, 0.25) is 0 Å². The van der Waals surface area contributed by atoms with Crippen LogP contribution in [0.5, 0.6) is 11.5 Å². The Balaban J connectivity index is 2.39. The number of halogens is 4. The first-order valence-electron chi connectivity index (χ1n) is 5.87. The van der Waals surface area contributed by atoms with Gasteiger partial charge < -0.3 is 4.74 Å². The molecule has 0 saturated heterocycles. The van der Waals surface area contributed by atoms with Crippen molar-refractivity contribution in [2.75, 3.05) is 0 Å². The maximum atomic E-state index is 13.8. The van der Waals surface area contributed by atoms with Crippen LogP contribution < -0.4 is 4.74 Å². The highest BCUT2D eigenvalue weighted by molar-refractivity contribution is 5.46. The van der Waals surface area contributed by atoms with Gasteiger partial charge in [-0.25, -0.2) is 4.39 Å². The van der Waals surface area contributed by atoms with Crippen LogP contribution in [0.1, 0.15) is 16.7 Å². The van der Waals surface area contributed by atoms with Crippen LogP contribution >= 0.6 is 0 Å². The highest BCUT2D eigenvalue weighted by atomic mass is 19.4. The second-order valence-electron chi connectivity index (χ2n) is 4.31. The molecular weight excluding hydrogens is 286 g/mol. The molecule has 0 aliphatic carbocycles. The second kappa shape index (κ2) is 5.44. The number of nitrogens with zero attached hydrogens (tertiary/aromatic N) is 1. The molecule has 0 heterocycles. The van der Waals surface area contributed by atoms with E-state index in [1.807, 2.05) is 0 Å². The number of rotatable bonds is 2. The summed E-state index contributed by atoms with van der Waals surface area (Å²) in [5, 5.41) is 8.79. The summed E-state index contributed by atoms with van der Waals surface area (Å²) in [6, 6.07) is 8.63. The Kier molecular flexibility index (Phi) is 3.85. The van der Waals surface area contributed by atoms with E-state index in [2.05, 4.69) is 0 Å². The fourth-order valence-electron chi connectivity index (χ4n) is 1.75. The van der Waals surface area contributed by atoms with Gasteiger partial charge in [-0.2, -0.15) is 18.4 Å². The van der Waals surface area contributed by atoms with Crippen LogP contribution in [0, 0.1) is 24.1 Å². The molecule has 0 radical (unpaired) electrons. The van der Waals surface area contributed by atoms with Crippen LogP contribution in [0.4, 0.5) is 17.6 Å². The minimum absolute atomic E-state index is 0.0379. The zero-order valence-electron chi connectivity index (χ0n) is 10.8. The Hall–Kier alpha value is -2.55. The molecule has 0 unspecified atom stereocenters. The zero-order chi connectivity index (χ0) is 15.6. The Morgan fingerprint density at radius 2 is 1.86 bits per heavy atom. The molecule has 2 nitrogen and oxygen atoms in total. The average molecular weight is 295 g/mol. The molecule has 0 amide bonds. The molecule has 6 heteroatoms. The number of hydrogen-bond acceptors (Lipinski definition) is 2. The average Bonchev–Trinajstić information content (AvgIpc) is 2.42. The summed E-state index contributed by atoms with van der Waals surface area (Å²) in [7, 11) is 0. The zero-order valence-corrected chi connectivity index (χ0v) is 10.8. The number of benzene rings is 2. The molecule has 2 aromatic rings. The first-order chi connectivity index (χ1) is 9.82. The van der Waals surface area contributed by atoms with Crippen molar-refractivity contribution in [3.63, 3.8) is 0 Å². The summed E-state index contributed by atoms with van der Waals surface area (Å²) < 4.78 is 57.0. The first kappa shape index (κ1) is 14.9. The molecule has 0 aliphatic rings. The van der Waals surface area contributed by atoms with E-state index >= 15 is 0 Å². The molecule has 0 aliphatic heterocycles. The highest BCUT2D eigenvalue weighted by Gasteiger charge is 2.33. The lowest BCUT2D eigenvalue weighted by Gasteiger charge is -2.12. The van der Waals surface area contributed by atoms with Crippen LogP contribution in [0.15, 0.2) is 36.4 Å². The minimum atomic E-state index is -4.63.